The second-order valence-electron chi connectivity index (χ2n) is 2.45. The molecular weight excluding hydrogens is 140 g/mol. The maximum atomic E-state index is 3.81. The van der Waals surface area contributed by atoms with Crippen LogP contribution in [-0.4, -0.2) is 5.75 Å². The average molecular weight is 156 g/mol. The summed E-state index contributed by atoms with van der Waals surface area (Å²) in [6.45, 7) is 10.2. The van der Waals surface area contributed by atoms with E-state index in [1.165, 1.54) is 17.1 Å². The molecule has 0 aromatic heterocycles. The van der Waals surface area contributed by atoms with E-state index in [1.54, 1.807) is 0 Å². The molecule has 0 N–H and O–H groups in total. The van der Waals surface area contributed by atoms with Gasteiger partial charge in [-0.15, -0.1) is 11.8 Å². The van der Waals surface area contributed by atoms with Crippen molar-refractivity contribution >= 4 is 11.8 Å². The summed E-state index contributed by atoms with van der Waals surface area (Å²) in [6.07, 6.45) is 3.37. The molecule has 0 fully saturated rings. The van der Waals surface area contributed by atoms with Crippen molar-refractivity contribution in [1.82, 2.24) is 0 Å². The molecule has 0 aliphatic heterocycles. The van der Waals surface area contributed by atoms with Crippen molar-refractivity contribution < 1.29 is 0 Å². The molecule has 0 unspecified atom stereocenters. The van der Waals surface area contributed by atoms with Crippen molar-refractivity contribution in [3.63, 3.8) is 0 Å². The first-order valence-corrected chi connectivity index (χ1v) is 4.62. The van der Waals surface area contributed by atoms with Crippen LogP contribution >= 0.6 is 11.8 Å². The normalized spacial score (nSPS) is 11.7. The van der Waals surface area contributed by atoms with Crippen LogP contribution in [0.15, 0.2) is 23.1 Å². The van der Waals surface area contributed by atoms with Gasteiger partial charge in [0.25, 0.3) is 0 Å². The monoisotopic (exact) mass is 156 g/mol. The molecular formula is C9H16S. The molecule has 0 saturated carbocycles. The lowest BCUT2D eigenvalue weighted by molar-refractivity contribution is 1.11. The molecule has 0 rings (SSSR count). The van der Waals surface area contributed by atoms with Crippen LogP contribution in [0.4, 0.5) is 0 Å². The molecule has 0 atom stereocenters. The van der Waals surface area contributed by atoms with E-state index >= 15 is 0 Å². The molecule has 10 heavy (non-hydrogen) atoms. The fourth-order valence-corrected chi connectivity index (χ4v) is 1.46. The van der Waals surface area contributed by atoms with E-state index < -0.39 is 0 Å². The molecule has 0 amide bonds. The van der Waals surface area contributed by atoms with E-state index in [1.807, 2.05) is 18.7 Å². The first-order chi connectivity index (χ1) is 4.66. The van der Waals surface area contributed by atoms with E-state index in [0.717, 1.165) is 5.57 Å². The molecule has 0 bridgehead atoms. The van der Waals surface area contributed by atoms with Gasteiger partial charge in [-0.1, -0.05) is 25.2 Å². The number of thioether (sulfide) groups is 1. The zero-order chi connectivity index (χ0) is 7.98. The van der Waals surface area contributed by atoms with Crippen LogP contribution in [0.2, 0.25) is 0 Å². The summed E-state index contributed by atoms with van der Waals surface area (Å²) in [5.74, 6) is 1.22. The Balaban J connectivity index is 3.60. The Labute approximate surface area is 68.4 Å². The lowest BCUT2D eigenvalue weighted by atomic mass is 10.3. The van der Waals surface area contributed by atoms with E-state index in [0.29, 0.717) is 0 Å². The van der Waals surface area contributed by atoms with Gasteiger partial charge in [0.1, 0.15) is 0 Å². The summed E-state index contributed by atoms with van der Waals surface area (Å²) in [5.41, 5.74) is 1.14. The Morgan fingerprint density at radius 1 is 1.50 bits per heavy atom. The third-order valence-corrected chi connectivity index (χ3v) is 2.17. The Kier molecular flexibility index (Phi) is 5.51. The third kappa shape index (κ3) is 5.96. The average Bonchev–Trinajstić information content (AvgIpc) is 1.82. The van der Waals surface area contributed by atoms with E-state index in [9.17, 15) is 0 Å². The summed E-state index contributed by atoms with van der Waals surface area (Å²) in [4.78, 5) is 1.37. The largest absolute Gasteiger partial charge is 0.131 e. The van der Waals surface area contributed by atoms with Crippen LogP contribution in [0.1, 0.15) is 27.2 Å². The molecule has 0 aromatic rings. The highest BCUT2D eigenvalue weighted by Crippen LogP contribution is 2.16. The fourth-order valence-electron chi connectivity index (χ4n) is 0.652. The molecule has 0 aromatic carbocycles. The minimum Gasteiger partial charge on any atom is -0.131 e. The summed E-state index contributed by atoms with van der Waals surface area (Å²) in [7, 11) is 0. The SMILES string of the molecule is C=C(C)/C=C(/C)SCCC. The van der Waals surface area contributed by atoms with Gasteiger partial charge >= 0.3 is 0 Å². The Morgan fingerprint density at radius 3 is 2.50 bits per heavy atom. The highest BCUT2D eigenvalue weighted by atomic mass is 32.2. The zero-order valence-electron chi connectivity index (χ0n) is 7.11. The summed E-state index contributed by atoms with van der Waals surface area (Å²) >= 11 is 1.90. The van der Waals surface area contributed by atoms with Crippen LogP contribution in [0, 0.1) is 0 Å². The third-order valence-electron chi connectivity index (χ3n) is 0.984. The highest BCUT2D eigenvalue weighted by Gasteiger charge is 1.87. The van der Waals surface area contributed by atoms with Crippen molar-refractivity contribution in [2.75, 3.05) is 5.75 Å². The summed E-state index contributed by atoms with van der Waals surface area (Å²) in [5, 5.41) is 0. The predicted octanol–water partition coefficient (Wildman–Crippen LogP) is 3.61. The van der Waals surface area contributed by atoms with E-state index in [-0.39, 0.29) is 0 Å². The van der Waals surface area contributed by atoms with Gasteiger partial charge in [0.15, 0.2) is 0 Å². The van der Waals surface area contributed by atoms with Crippen LogP contribution < -0.4 is 0 Å². The molecule has 0 saturated heterocycles. The first kappa shape index (κ1) is 9.83. The molecule has 0 heterocycles. The Morgan fingerprint density at radius 2 is 2.10 bits per heavy atom. The van der Waals surface area contributed by atoms with E-state index in [2.05, 4.69) is 26.5 Å². The molecule has 58 valence electrons. The van der Waals surface area contributed by atoms with Gasteiger partial charge in [0, 0.05) is 0 Å². The Hall–Kier alpha value is -0.170. The zero-order valence-corrected chi connectivity index (χ0v) is 7.92. The van der Waals surface area contributed by atoms with Gasteiger partial charge in [-0.2, -0.15) is 0 Å². The Bertz CT molecular complexity index is 134. The topological polar surface area (TPSA) is 0 Å². The molecule has 0 radical (unpaired) electrons. The molecule has 0 spiro atoms. The van der Waals surface area contributed by atoms with Crippen LogP contribution in [0.25, 0.3) is 0 Å². The maximum absolute atomic E-state index is 3.81. The lowest BCUT2D eigenvalue weighted by Gasteiger charge is -1.97. The minimum atomic E-state index is 1.14. The van der Waals surface area contributed by atoms with Crippen LogP contribution in [0.5, 0.6) is 0 Å². The quantitative estimate of drug-likeness (QED) is 0.560. The highest BCUT2D eigenvalue weighted by molar-refractivity contribution is 8.03. The first-order valence-electron chi connectivity index (χ1n) is 3.63. The van der Waals surface area contributed by atoms with Crippen LogP contribution in [-0.2, 0) is 0 Å². The standard InChI is InChI=1S/C9H16S/c1-5-6-10-9(4)7-8(2)3/h7H,2,5-6H2,1,3-4H3/b9-7-. The molecule has 0 aliphatic rings. The molecule has 0 nitrogen and oxygen atoms in total. The predicted molar refractivity (Wildman–Crippen MR) is 51.3 cm³/mol. The fraction of sp³-hybridized carbons (Fsp3) is 0.556. The second kappa shape index (κ2) is 5.60. The van der Waals surface area contributed by atoms with Gasteiger partial charge in [-0.25, -0.2) is 0 Å². The molecule has 0 aliphatic carbocycles. The number of rotatable bonds is 4. The van der Waals surface area contributed by atoms with Crippen molar-refractivity contribution in [2.24, 2.45) is 0 Å². The lowest BCUT2D eigenvalue weighted by Crippen LogP contribution is -1.74. The second-order valence-corrected chi connectivity index (χ2v) is 3.79. The van der Waals surface area contributed by atoms with Gasteiger partial charge in [-0.05, 0) is 30.9 Å². The van der Waals surface area contributed by atoms with Crippen molar-refractivity contribution in [3.8, 4) is 0 Å². The van der Waals surface area contributed by atoms with Gasteiger partial charge < -0.3 is 0 Å². The van der Waals surface area contributed by atoms with Gasteiger partial charge in [0.05, 0.1) is 0 Å². The van der Waals surface area contributed by atoms with Gasteiger partial charge in [0.2, 0.25) is 0 Å². The summed E-state index contributed by atoms with van der Waals surface area (Å²) in [6, 6.07) is 0. The van der Waals surface area contributed by atoms with Crippen molar-refractivity contribution in [2.45, 2.75) is 27.2 Å². The molecule has 1 heteroatoms. The minimum absolute atomic E-state index is 1.14. The summed E-state index contributed by atoms with van der Waals surface area (Å²) < 4.78 is 0. The van der Waals surface area contributed by atoms with Crippen LogP contribution in [0.3, 0.4) is 0 Å². The van der Waals surface area contributed by atoms with Gasteiger partial charge in [-0.3, -0.25) is 0 Å². The number of hydrogen-bond acceptors (Lipinski definition) is 1. The maximum Gasteiger partial charge on any atom is -0.00260 e. The van der Waals surface area contributed by atoms with E-state index in [4.69, 9.17) is 0 Å². The number of allylic oxidation sites excluding steroid dienone is 3. The number of hydrogen-bond donors (Lipinski definition) is 0. The van der Waals surface area contributed by atoms with Crippen molar-refractivity contribution in [1.29, 1.82) is 0 Å². The smallest absolute Gasteiger partial charge is 0.00260 e. The van der Waals surface area contributed by atoms with Crippen molar-refractivity contribution in [3.05, 3.63) is 23.1 Å².